The molecule has 0 spiro atoms. The highest BCUT2D eigenvalue weighted by Gasteiger charge is 2.33. The first-order valence-corrected chi connectivity index (χ1v) is 8.79. The second kappa shape index (κ2) is 5.96. The SMILES string of the molecule is O=C(N[C@H](c1ccccc1)C1CC1)c1ccc2n[nH]c(I)c2c1. The predicted octanol–water partition coefficient (Wildman–Crippen LogP) is 4.05. The molecule has 1 heterocycles. The third-order valence-electron chi connectivity index (χ3n) is 4.31. The zero-order valence-corrected chi connectivity index (χ0v) is 14.6. The summed E-state index contributed by atoms with van der Waals surface area (Å²) in [7, 11) is 0. The maximum atomic E-state index is 12.7. The summed E-state index contributed by atoms with van der Waals surface area (Å²) in [5.41, 5.74) is 2.74. The van der Waals surface area contributed by atoms with E-state index < -0.39 is 0 Å². The summed E-state index contributed by atoms with van der Waals surface area (Å²) >= 11 is 2.20. The van der Waals surface area contributed by atoms with Crippen molar-refractivity contribution in [2.75, 3.05) is 0 Å². The van der Waals surface area contributed by atoms with E-state index in [1.165, 1.54) is 18.4 Å². The van der Waals surface area contributed by atoms with Gasteiger partial charge in [0.2, 0.25) is 0 Å². The van der Waals surface area contributed by atoms with Gasteiger partial charge in [-0.25, -0.2) is 0 Å². The smallest absolute Gasteiger partial charge is 0.251 e. The van der Waals surface area contributed by atoms with Gasteiger partial charge in [-0.1, -0.05) is 30.3 Å². The third-order valence-corrected chi connectivity index (χ3v) is 5.13. The summed E-state index contributed by atoms with van der Waals surface area (Å²) < 4.78 is 0.953. The number of amides is 1. The maximum Gasteiger partial charge on any atom is 0.251 e. The molecule has 1 aromatic heterocycles. The molecule has 1 atom stereocenters. The molecule has 1 fully saturated rings. The van der Waals surface area contributed by atoms with E-state index in [1.807, 2.05) is 36.4 Å². The van der Waals surface area contributed by atoms with Crippen LogP contribution in [0.5, 0.6) is 0 Å². The van der Waals surface area contributed by atoms with Crippen LogP contribution in [0.3, 0.4) is 0 Å². The Hall–Kier alpha value is -1.89. The fourth-order valence-corrected chi connectivity index (χ4v) is 3.46. The van der Waals surface area contributed by atoms with Crippen LogP contribution >= 0.6 is 22.6 Å². The molecule has 1 saturated carbocycles. The average molecular weight is 417 g/mol. The number of fused-ring (bicyclic) bond motifs is 1. The van der Waals surface area contributed by atoms with Gasteiger partial charge in [-0.2, -0.15) is 5.10 Å². The molecule has 0 saturated heterocycles. The number of hydrogen-bond donors (Lipinski definition) is 2. The first-order chi connectivity index (χ1) is 11.2. The highest BCUT2D eigenvalue weighted by Crippen LogP contribution is 2.41. The van der Waals surface area contributed by atoms with Crippen molar-refractivity contribution in [2.45, 2.75) is 18.9 Å². The number of aromatic amines is 1. The number of halogens is 1. The Labute approximate surface area is 147 Å². The average Bonchev–Trinajstić information content (AvgIpc) is 3.37. The van der Waals surface area contributed by atoms with Crippen molar-refractivity contribution >= 4 is 39.4 Å². The first kappa shape index (κ1) is 14.7. The van der Waals surface area contributed by atoms with Gasteiger partial charge in [-0.3, -0.25) is 9.89 Å². The van der Waals surface area contributed by atoms with Crippen LogP contribution in [0.1, 0.15) is 34.8 Å². The minimum Gasteiger partial charge on any atom is -0.345 e. The minimum atomic E-state index is -0.0235. The van der Waals surface area contributed by atoms with Gasteiger partial charge in [0, 0.05) is 10.9 Å². The molecule has 2 aromatic carbocycles. The van der Waals surface area contributed by atoms with Crippen molar-refractivity contribution < 1.29 is 4.79 Å². The topological polar surface area (TPSA) is 57.8 Å². The minimum absolute atomic E-state index is 0.0235. The van der Waals surface area contributed by atoms with Crippen molar-refractivity contribution in [1.29, 1.82) is 0 Å². The summed E-state index contributed by atoms with van der Waals surface area (Å²) in [6.07, 6.45) is 2.36. The van der Waals surface area contributed by atoms with E-state index in [2.05, 4.69) is 50.2 Å². The van der Waals surface area contributed by atoms with Crippen molar-refractivity contribution in [3.63, 3.8) is 0 Å². The number of carbonyl (C=O) groups is 1. The molecule has 116 valence electrons. The summed E-state index contributed by atoms with van der Waals surface area (Å²) in [5, 5.41) is 11.3. The highest BCUT2D eigenvalue weighted by atomic mass is 127. The lowest BCUT2D eigenvalue weighted by Gasteiger charge is -2.19. The van der Waals surface area contributed by atoms with Crippen LogP contribution in [0.4, 0.5) is 0 Å². The second-order valence-electron chi connectivity index (χ2n) is 5.97. The zero-order valence-electron chi connectivity index (χ0n) is 12.4. The van der Waals surface area contributed by atoms with E-state index in [-0.39, 0.29) is 11.9 Å². The van der Waals surface area contributed by atoms with E-state index in [4.69, 9.17) is 0 Å². The van der Waals surface area contributed by atoms with Crippen LogP contribution < -0.4 is 5.32 Å². The number of benzene rings is 2. The van der Waals surface area contributed by atoms with Gasteiger partial charge in [0.25, 0.3) is 5.91 Å². The van der Waals surface area contributed by atoms with Crippen molar-refractivity contribution in [3.05, 3.63) is 63.4 Å². The molecule has 23 heavy (non-hydrogen) atoms. The zero-order chi connectivity index (χ0) is 15.8. The number of carbonyl (C=O) groups excluding carboxylic acids is 1. The molecule has 3 aromatic rings. The molecular weight excluding hydrogens is 401 g/mol. The normalized spacial score (nSPS) is 15.5. The molecule has 0 unspecified atom stereocenters. The van der Waals surface area contributed by atoms with Crippen LogP contribution in [-0.2, 0) is 0 Å². The second-order valence-corrected chi connectivity index (χ2v) is 7.05. The lowest BCUT2D eigenvalue weighted by molar-refractivity contribution is 0.0932. The number of nitrogens with one attached hydrogen (secondary N) is 2. The Morgan fingerprint density at radius 1 is 1.22 bits per heavy atom. The predicted molar refractivity (Wildman–Crippen MR) is 98.2 cm³/mol. The van der Waals surface area contributed by atoms with Crippen LogP contribution in [0.2, 0.25) is 0 Å². The van der Waals surface area contributed by atoms with E-state index >= 15 is 0 Å². The maximum absolute atomic E-state index is 12.7. The molecule has 0 aliphatic heterocycles. The monoisotopic (exact) mass is 417 g/mol. The fraction of sp³-hybridized carbons (Fsp3) is 0.222. The molecule has 1 aliphatic carbocycles. The number of H-pyrrole nitrogens is 1. The summed E-state index contributed by atoms with van der Waals surface area (Å²) in [4.78, 5) is 12.7. The van der Waals surface area contributed by atoms with Crippen LogP contribution in [0.25, 0.3) is 10.9 Å². The molecule has 1 amide bonds. The van der Waals surface area contributed by atoms with Crippen molar-refractivity contribution in [2.24, 2.45) is 5.92 Å². The van der Waals surface area contributed by atoms with Gasteiger partial charge in [0.15, 0.2) is 0 Å². The number of nitrogens with zero attached hydrogens (tertiary/aromatic N) is 1. The Kier molecular flexibility index (Phi) is 3.80. The summed E-state index contributed by atoms with van der Waals surface area (Å²) in [5.74, 6) is 0.531. The number of hydrogen-bond acceptors (Lipinski definition) is 2. The third kappa shape index (κ3) is 2.97. The molecule has 0 radical (unpaired) electrons. The Balaban J connectivity index is 1.61. The molecule has 0 bridgehead atoms. The molecule has 2 N–H and O–H groups in total. The molecule has 4 rings (SSSR count). The molecular formula is C18H16IN3O. The summed E-state index contributed by atoms with van der Waals surface area (Å²) in [6.45, 7) is 0. The largest absolute Gasteiger partial charge is 0.345 e. The molecule has 5 heteroatoms. The van der Waals surface area contributed by atoms with Gasteiger partial charge in [-0.05, 0) is 65.1 Å². The Morgan fingerprint density at radius 2 is 2.00 bits per heavy atom. The van der Waals surface area contributed by atoms with Gasteiger partial charge in [-0.15, -0.1) is 0 Å². The van der Waals surface area contributed by atoms with Gasteiger partial charge < -0.3 is 5.32 Å². The standard InChI is InChI=1S/C18H16IN3O/c19-17-14-10-13(8-9-15(14)21-22-17)18(23)20-16(12-6-7-12)11-4-2-1-3-5-11/h1-5,8-10,12,16H,6-7H2,(H,20,23)(H,21,22)/t16-/m1/s1. The molecule has 1 aliphatic rings. The van der Waals surface area contributed by atoms with Crippen LogP contribution in [-0.4, -0.2) is 16.1 Å². The van der Waals surface area contributed by atoms with Crippen LogP contribution in [0, 0.1) is 9.62 Å². The lowest BCUT2D eigenvalue weighted by Crippen LogP contribution is -2.29. The summed E-state index contributed by atoms with van der Waals surface area (Å²) in [6, 6.07) is 16.0. The van der Waals surface area contributed by atoms with Gasteiger partial charge >= 0.3 is 0 Å². The van der Waals surface area contributed by atoms with Gasteiger partial charge in [0.1, 0.15) is 3.70 Å². The lowest BCUT2D eigenvalue weighted by atomic mass is 10.0. The van der Waals surface area contributed by atoms with Crippen LogP contribution in [0.15, 0.2) is 48.5 Å². The van der Waals surface area contributed by atoms with E-state index in [0.29, 0.717) is 11.5 Å². The first-order valence-electron chi connectivity index (χ1n) is 7.72. The molecule has 4 nitrogen and oxygen atoms in total. The van der Waals surface area contributed by atoms with E-state index in [0.717, 1.165) is 14.6 Å². The number of rotatable bonds is 4. The van der Waals surface area contributed by atoms with Crippen molar-refractivity contribution in [1.82, 2.24) is 15.5 Å². The Morgan fingerprint density at radius 3 is 2.74 bits per heavy atom. The quantitative estimate of drug-likeness (QED) is 0.630. The van der Waals surface area contributed by atoms with Gasteiger partial charge in [0.05, 0.1) is 11.6 Å². The number of aromatic nitrogens is 2. The highest BCUT2D eigenvalue weighted by molar-refractivity contribution is 14.1. The van der Waals surface area contributed by atoms with E-state index in [9.17, 15) is 4.79 Å². The Bertz CT molecular complexity index is 855. The van der Waals surface area contributed by atoms with Crippen molar-refractivity contribution in [3.8, 4) is 0 Å². The van der Waals surface area contributed by atoms with E-state index in [1.54, 1.807) is 0 Å². The fourth-order valence-electron chi connectivity index (χ4n) is 2.91.